The van der Waals surface area contributed by atoms with Gasteiger partial charge in [-0.15, -0.1) is 0 Å². The first-order valence-electron chi connectivity index (χ1n) is 3.05. The summed E-state index contributed by atoms with van der Waals surface area (Å²) < 4.78 is 0. The van der Waals surface area contributed by atoms with Gasteiger partial charge in [-0.05, 0) is 0 Å². The number of non-ortho nitro benzene ring substituents is 1. The molecule has 0 aromatic heterocycles. The second kappa shape index (κ2) is 6.14. The Morgan fingerprint density at radius 1 is 1.21 bits per heavy atom. The minimum atomic E-state index is -0.586. The van der Waals surface area contributed by atoms with Gasteiger partial charge in [0.1, 0.15) is 0 Å². The lowest BCUT2D eigenvalue weighted by Crippen LogP contribution is -1.92. The Hall–Kier alpha value is -0.420. The topological polar surface area (TPSA) is 69.2 Å². The Morgan fingerprint density at radius 3 is 1.86 bits per heavy atom. The molecule has 0 radical (unpaired) electrons. The Kier molecular flexibility index (Phi) is 5.95. The third-order valence-corrected chi connectivity index (χ3v) is 1.90. The van der Waals surface area contributed by atoms with E-state index >= 15 is 0 Å². The van der Waals surface area contributed by atoms with Crippen LogP contribution in [0.15, 0.2) is 12.1 Å². The summed E-state index contributed by atoms with van der Waals surface area (Å²) in [6.45, 7) is 0. The summed E-state index contributed by atoms with van der Waals surface area (Å²) in [5.41, 5.74) is 5.35. The number of nitrogen functional groups attached to an aromatic ring is 1. The third-order valence-electron chi connectivity index (χ3n) is 1.27. The molecule has 14 heavy (non-hydrogen) atoms. The highest BCUT2D eigenvalue weighted by Gasteiger charge is 2.11. The molecular weight excluding hydrogens is 274 g/mol. The minimum absolute atomic E-state index is 0.0919. The summed E-state index contributed by atoms with van der Waals surface area (Å²) in [5, 5.41) is 10.4. The van der Waals surface area contributed by atoms with Crippen molar-refractivity contribution >= 4 is 56.3 Å². The molecular formula is C6H4Cl4N2O2. The van der Waals surface area contributed by atoms with E-state index in [1.807, 2.05) is 0 Å². The number of nitro groups is 1. The minimum Gasteiger partial charge on any atom is -0.396 e. The molecule has 2 N–H and O–H groups in total. The molecule has 0 amide bonds. The van der Waals surface area contributed by atoms with Crippen molar-refractivity contribution < 1.29 is 4.92 Å². The highest BCUT2D eigenvalue weighted by molar-refractivity contribution is 6.85. The van der Waals surface area contributed by atoms with Gasteiger partial charge in [-0.2, -0.15) is 0 Å². The SMILES string of the molecule is ClCl.Nc1c(Cl)cc([N+](=O)[O-])cc1Cl. The van der Waals surface area contributed by atoms with Crippen molar-refractivity contribution in [1.82, 2.24) is 0 Å². The summed E-state index contributed by atoms with van der Waals surface area (Å²) in [6.07, 6.45) is 0. The van der Waals surface area contributed by atoms with Crippen LogP contribution in [0.2, 0.25) is 10.0 Å². The smallest absolute Gasteiger partial charge is 0.272 e. The van der Waals surface area contributed by atoms with Crippen LogP contribution in [0, 0.1) is 10.1 Å². The van der Waals surface area contributed by atoms with Crippen LogP contribution in [0.4, 0.5) is 11.4 Å². The molecule has 4 nitrogen and oxygen atoms in total. The van der Waals surface area contributed by atoms with Gasteiger partial charge in [-0.3, -0.25) is 10.1 Å². The average molecular weight is 278 g/mol. The van der Waals surface area contributed by atoms with E-state index in [0.29, 0.717) is 0 Å². The van der Waals surface area contributed by atoms with Crippen LogP contribution in [0.1, 0.15) is 0 Å². The van der Waals surface area contributed by atoms with E-state index in [1.165, 1.54) is 0 Å². The van der Waals surface area contributed by atoms with Gasteiger partial charge in [0.15, 0.2) is 0 Å². The first kappa shape index (κ1) is 13.6. The Labute approximate surface area is 99.2 Å². The lowest BCUT2D eigenvalue weighted by atomic mass is 10.3. The van der Waals surface area contributed by atoms with Gasteiger partial charge in [0.05, 0.1) is 20.7 Å². The number of benzene rings is 1. The Morgan fingerprint density at radius 2 is 1.57 bits per heavy atom. The van der Waals surface area contributed by atoms with E-state index in [1.54, 1.807) is 0 Å². The molecule has 0 aliphatic rings. The molecule has 0 spiro atoms. The Bertz CT molecular complexity index is 322. The quantitative estimate of drug-likeness (QED) is 0.481. The van der Waals surface area contributed by atoms with E-state index in [2.05, 4.69) is 21.7 Å². The maximum absolute atomic E-state index is 10.3. The van der Waals surface area contributed by atoms with Crippen LogP contribution in [0.3, 0.4) is 0 Å². The average Bonchev–Trinajstić information content (AvgIpc) is 2.16. The van der Waals surface area contributed by atoms with E-state index in [0.717, 1.165) is 12.1 Å². The number of hydrogen-bond donors (Lipinski definition) is 1. The molecule has 0 saturated heterocycles. The predicted octanol–water partition coefficient (Wildman–Crippen LogP) is 3.86. The largest absolute Gasteiger partial charge is 0.396 e. The van der Waals surface area contributed by atoms with Crippen LogP contribution in [-0.4, -0.2) is 4.92 Å². The van der Waals surface area contributed by atoms with Crippen LogP contribution >= 0.6 is 44.9 Å². The van der Waals surface area contributed by atoms with Gasteiger partial charge in [0.2, 0.25) is 0 Å². The van der Waals surface area contributed by atoms with Crippen molar-refractivity contribution in [3.8, 4) is 0 Å². The number of nitro benzene ring substituents is 1. The van der Waals surface area contributed by atoms with Crippen LogP contribution in [0.5, 0.6) is 0 Å². The maximum Gasteiger partial charge on any atom is 0.272 e. The van der Waals surface area contributed by atoms with Crippen molar-refractivity contribution in [2.75, 3.05) is 5.73 Å². The first-order valence-corrected chi connectivity index (χ1v) is 4.95. The molecule has 0 bridgehead atoms. The fourth-order valence-electron chi connectivity index (χ4n) is 0.676. The van der Waals surface area contributed by atoms with Gasteiger partial charge in [0, 0.05) is 33.8 Å². The zero-order valence-corrected chi connectivity index (χ0v) is 9.53. The predicted molar refractivity (Wildman–Crippen MR) is 59.2 cm³/mol. The van der Waals surface area contributed by atoms with E-state index in [4.69, 9.17) is 28.9 Å². The molecule has 0 aliphatic carbocycles. The molecule has 1 rings (SSSR count). The van der Waals surface area contributed by atoms with Gasteiger partial charge in [-0.25, -0.2) is 0 Å². The molecule has 78 valence electrons. The summed E-state index contributed by atoms with van der Waals surface area (Å²) in [7, 11) is 8.22. The fourth-order valence-corrected chi connectivity index (χ4v) is 1.15. The van der Waals surface area contributed by atoms with Crippen LogP contribution in [-0.2, 0) is 0 Å². The molecule has 1 aromatic rings. The lowest BCUT2D eigenvalue weighted by molar-refractivity contribution is -0.384. The van der Waals surface area contributed by atoms with Crippen molar-refractivity contribution in [3.05, 3.63) is 32.3 Å². The molecule has 0 aliphatic heterocycles. The first-order chi connectivity index (χ1) is 6.52. The van der Waals surface area contributed by atoms with E-state index < -0.39 is 4.92 Å². The van der Waals surface area contributed by atoms with Gasteiger partial charge in [-0.1, -0.05) is 23.2 Å². The molecule has 8 heteroatoms. The summed E-state index contributed by atoms with van der Waals surface area (Å²) in [5.74, 6) is 0. The fraction of sp³-hybridized carbons (Fsp3) is 0. The number of hydrogen-bond acceptors (Lipinski definition) is 3. The normalized spacial score (nSPS) is 8.86. The third kappa shape index (κ3) is 3.38. The molecule has 0 fully saturated rings. The summed E-state index contributed by atoms with van der Waals surface area (Å²) in [6, 6.07) is 2.31. The number of nitrogens with zero attached hydrogens (tertiary/aromatic N) is 1. The molecule has 0 atom stereocenters. The Balaban J connectivity index is 0.000000791. The molecule has 0 saturated carbocycles. The number of rotatable bonds is 1. The number of anilines is 1. The number of halogens is 4. The molecule has 1 aromatic carbocycles. The highest BCUT2D eigenvalue weighted by Crippen LogP contribution is 2.31. The van der Waals surface area contributed by atoms with Crippen LogP contribution in [0.25, 0.3) is 0 Å². The van der Waals surface area contributed by atoms with E-state index in [-0.39, 0.29) is 21.4 Å². The lowest BCUT2D eigenvalue weighted by Gasteiger charge is -1.99. The molecule has 0 unspecified atom stereocenters. The standard InChI is InChI=1S/C6H4Cl2N2O2.Cl2/c7-4-1-3(10(11)12)2-5(8)6(4)9;1-2/h1-2H,9H2;. The zero-order valence-electron chi connectivity index (χ0n) is 6.51. The molecule has 0 heterocycles. The van der Waals surface area contributed by atoms with Gasteiger partial charge >= 0.3 is 0 Å². The van der Waals surface area contributed by atoms with Crippen molar-refractivity contribution in [1.29, 1.82) is 0 Å². The van der Waals surface area contributed by atoms with Gasteiger partial charge < -0.3 is 5.73 Å². The van der Waals surface area contributed by atoms with Crippen molar-refractivity contribution in [2.45, 2.75) is 0 Å². The second-order valence-electron chi connectivity index (χ2n) is 2.08. The van der Waals surface area contributed by atoms with Crippen molar-refractivity contribution in [2.24, 2.45) is 0 Å². The van der Waals surface area contributed by atoms with E-state index in [9.17, 15) is 10.1 Å². The summed E-state index contributed by atoms with van der Waals surface area (Å²) in [4.78, 5) is 9.68. The number of nitrogens with two attached hydrogens (primary N) is 1. The van der Waals surface area contributed by atoms with Gasteiger partial charge in [0.25, 0.3) is 5.69 Å². The van der Waals surface area contributed by atoms with Crippen molar-refractivity contribution in [3.63, 3.8) is 0 Å². The second-order valence-corrected chi connectivity index (χ2v) is 2.89. The highest BCUT2D eigenvalue weighted by atomic mass is 36.5. The summed E-state index contributed by atoms with van der Waals surface area (Å²) >= 11 is 11.1. The monoisotopic (exact) mass is 276 g/mol. The van der Waals surface area contributed by atoms with Crippen LogP contribution < -0.4 is 5.73 Å². The zero-order chi connectivity index (χ0) is 11.3. The maximum atomic E-state index is 10.3.